The number of aromatic nitrogens is 3. The monoisotopic (exact) mass is 356 g/mol. The van der Waals surface area contributed by atoms with E-state index < -0.39 is 0 Å². The largest absolute Gasteiger partial charge is 0.352 e. The number of imidazole rings is 1. The predicted octanol–water partition coefficient (Wildman–Crippen LogP) is 3.57. The standard InChI is InChI=1S/C22H20N4O/c27-22(23-13-12-20-25-18-9-3-4-10-19(18)26-20)21-14-6-1-2-8-16(14)24-17-11-5-7-15(17)21/h1-4,6,8-10H,5,7,11-13H2,(H,23,27)(H,25,26). The minimum absolute atomic E-state index is 0.0112. The van der Waals surface area contributed by atoms with Crippen LogP contribution in [0.3, 0.4) is 0 Å². The Hall–Kier alpha value is -3.21. The van der Waals surface area contributed by atoms with Crippen molar-refractivity contribution in [2.24, 2.45) is 0 Å². The summed E-state index contributed by atoms with van der Waals surface area (Å²) in [6, 6.07) is 15.9. The first-order valence-corrected chi connectivity index (χ1v) is 9.42. The van der Waals surface area contributed by atoms with E-state index in [0.717, 1.165) is 63.8 Å². The van der Waals surface area contributed by atoms with Crippen molar-refractivity contribution in [1.82, 2.24) is 20.3 Å². The van der Waals surface area contributed by atoms with Gasteiger partial charge in [0.25, 0.3) is 5.91 Å². The summed E-state index contributed by atoms with van der Waals surface area (Å²) < 4.78 is 0. The molecule has 0 saturated carbocycles. The number of rotatable bonds is 4. The Morgan fingerprint density at radius 3 is 2.70 bits per heavy atom. The van der Waals surface area contributed by atoms with Gasteiger partial charge in [-0.2, -0.15) is 0 Å². The van der Waals surface area contributed by atoms with Gasteiger partial charge in [-0.25, -0.2) is 4.98 Å². The third-order valence-electron chi connectivity index (χ3n) is 5.23. The number of fused-ring (bicyclic) bond motifs is 3. The lowest BCUT2D eigenvalue weighted by atomic mass is 10.0. The molecule has 1 amide bonds. The predicted molar refractivity (Wildman–Crippen MR) is 106 cm³/mol. The number of pyridine rings is 1. The number of carbonyl (C=O) groups excluding carboxylic acids is 1. The molecule has 27 heavy (non-hydrogen) atoms. The van der Waals surface area contributed by atoms with Crippen molar-refractivity contribution in [3.05, 3.63) is 71.2 Å². The minimum Gasteiger partial charge on any atom is -0.352 e. The average molecular weight is 356 g/mol. The molecule has 2 aromatic heterocycles. The molecule has 0 atom stereocenters. The van der Waals surface area contributed by atoms with E-state index in [9.17, 15) is 4.79 Å². The quantitative estimate of drug-likeness (QED) is 0.587. The number of para-hydroxylation sites is 3. The number of aryl methyl sites for hydroxylation is 1. The molecular weight excluding hydrogens is 336 g/mol. The molecule has 0 radical (unpaired) electrons. The van der Waals surface area contributed by atoms with E-state index >= 15 is 0 Å². The maximum absolute atomic E-state index is 13.0. The van der Waals surface area contributed by atoms with E-state index in [1.54, 1.807) is 0 Å². The number of hydrogen-bond donors (Lipinski definition) is 2. The first-order chi connectivity index (χ1) is 13.3. The second kappa shape index (κ2) is 6.50. The van der Waals surface area contributed by atoms with E-state index in [1.807, 2.05) is 48.5 Å². The lowest BCUT2D eigenvalue weighted by Gasteiger charge is -2.12. The van der Waals surface area contributed by atoms with E-state index in [2.05, 4.69) is 15.3 Å². The van der Waals surface area contributed by atoms with Gasteiger partial charge in [0.05, 0.1) is 22.1 Å². The normalized spacial score (nSPS) is 13.2. The van der Waals surface area contributed by atoms with Crippen LogP contribution in [-0.4, -0.2) is 27.4 Å². The number of amides is 1. The van der Waals surface area contributed by atoms with Crippen LogP contribution in [0, 0.1) is 0 Å². The summed E-state index contributed by atoms with van der Waals surface area (Å²) in [6.07, 6.45) is 3.63. The van der Waals surface area contributed by atoms with Crippen LogP contribution in [0.25, 0.3) is 21.9 Å². The molecule has 5 nitrogen and oxygen atoms in total. The summed E-state index contributed by atoms with van der Waals surface area (Å²) in [6.45, 7) is 0.546. The molecule has 5 heteroatoms. The summed E-state index contributed by atoms with van der Waals surface area (Å²) in [5.74, 6) is 0.879. The highest BCUT2D eigenvalue weighted by Gasteiger charge is 2.23. The molecule has 0 spiro atoms. The van der Waals surface area contributed by atoms with Crippen LogP contribution in [0.2, 0.25) is 0 Å². The molecule has 0 fully saturated rings. The Balaban J connectivity index is 1.38. The summed E-state index contributed by atoms with van der Waals surface area (Å²) in [7, 11) is 0. The number of H-pyrrole nitrogens is 1. The maximum Gasteiger partial charge on any atom is 0.252 e. The number of nitrogens with one attached hydrogen (secondary N) is 2. The summed E-state index contributed by atoms with van der Waals surface area (Å²) >= 11 is 0. The second-order valence-corrected chi connectivity index (χ2v) is 6.99. The molecule has 1 aliphatic rings. The smallest absolute Gasteiger partial charge is 0.252 e. The maximum atomic E-state index is 13.0. The lowest BCUT2D eigenvalue weighted by Crippen LogP contribution is -2.27. The molecule has 2 heterocycles. The van der Waals surface area contributed by atoms with Gasteiger partial charge in [0.2, 0.25) is 0 Å². The number of aromatic amines is 1. The Kier molecular flexibility index (Phi) is 3.85. The third-order valence-corrected chi connectivity index (χ3v) is 5.23. The van der Waals surface area contributed by atoms with Gasteiger partial charge in [-0.3, -0.25) is 9.78 Å². The van der Waals surface area contributed by atoms with Gasteiger partial charge in [0, 0.05) is 24.0 Å². The number of carbonyl (C=O) groups is 1. The van der Waals surface area contributed by atoms with Gasteiger partial charge in [-0.15, -0.1) is 0 Å². The zero-order valence-corrected chi connectivity index (χ0v) is 15.0. The summed E-state index contributed by atoms with van der Waals surface area (Å²) in [5, 5.41) is 4.03. The molecule has 0 bridgehead atoms. The molecule has 134 valence electrons. The molecule has 0 aliphatic heterocycles. The van der Waals surface area contributed by atoms with Crippen molar-refractivity contribution < 1.29 is 4.79 Å². The van der Waals surface area contributed by atoms with Crippen molar-refractivity contribution >= 4 is 27.8 Å². The first kappa shape index (κ1) is 16.0. The van der Waals surface area contributed by atoms with Crippen LogP contribution in [0.5, 0.6) is 0 Å². The molecule has 2 aromatic carbocycles. The highest BCUT2D eigenvalue weighted by atomic mass is 16.1. The Morgan fingerprint density at radius 1 is 1.00 bits per heavy atom. The van der Waals surface area contributed by atoms with Crippen molar-refractivity contribution in [1.29, 1.82) is 0 Å². The minimum atomic E-state index is -0.0112. The Bertz CT molecular complexity index is 1130. The number of hydrogen-bond acceptors (Lipinski definition) is 3. The summed E-state index contributed by atoms with van der Waals surface area (Å²) in [4.78, 5) is 25.6. The van der Waals surface area contributed by atoms with Gasteiger partial charge in [0.15, 0.2) is 0 Å². The fourth-order valence-corrected chi connectivity index (χ4v) is 3.98. The zero-order valence-electron chi connectivity index (χ0n) is 15.0. The highest BCUT2D eigenvalue weighted by Crippen LogP contribution is 2.29. The van der Waals surface area contributed by atoms with Crippen LogP contribution in [0.4, 0.5) is 0 Å². The van der Waals surface area contributed by atoms with Crippen LogP contribution >= 0.6 is 0 Å². The molecule has 1 aliphatic carbocycles. The fourth-order valence-electron chi connectivity index (χ4n) is 3.98. The molecule has 2 N–H and O–H groups in total. The van der Waals surface area contributed by atoms with Gasteiger partial charge < -0.3 is 10.3 Å². The van der Waals surface area contributed by atoms with Crippen molar-refractivity contribution in [3.8, 4) is 0 Å². The number of benzene rings is 2. The number of nitrogens with zero attached hydrogens (tertiary/aromatic N) is 2. The molecular formula is C22H20N4O. The molecule has 0 saturated heterocycles. The molecule has 4 aromatic rings. The van der Waals surface area contributed by atoms with Crippen molar-refractivity contribution in [2.45, 2.75) is 25.7 Å². The van der Waals surface area contributed by atoms with E-state index in [-0.39, 0.29) is 5.91 Å². The van der Waals surface area contributed by atoms with Crippen LogP contribution < -0.4 is 5.32 Å². The average Bonchev–Trinajstić information content (AvgIpc) is 3.31. The molecule has 5 rings (SSSR count). The first-order valence-electron chi connectivity index (χ1n) is 9.42. The SMILES string of the molecule is O=C(NCCc1nc2ccccc2[nH]1)c1c2c(nc3ccccc13)CCC2. The van der Waals surface area contributed by atoms with E-state index in [1.165, 1.54) is 0 Å². The van der Waals surface area contributed by atoms with E-state index in [4.69, 9.17) is 4.98 Å². The van der Waals surface area contributed by atoms with Gasteiger partial charge >= 0.3 is 0 Å². The second-order valence-electron chi connectivity index (χ2n) is 6.99. The van der Waals surface area contributed by atoms with Crippen molar-refractivity contribution in [2.75, 3.05) is 6.54 Å². The van der Waals surface area contributed by atoms with E-state index in [0.29, 0.717) is 13.0 Å². The zero-order chi connectivity index (χ0) is 18.2. The van der Waals surface area contributed by atoms with Crippen LogP contribution in [-0.2, 0) is 19.3 Å². The molecule has 0 unspecified atom stereocenters. The highest BCUT2D eigenvalue weighted by molar-refractivity contribution is 6.07. The van der Waals surface area contributed by atoms with Gasteiger partial charge in [-0.05, 0) is 43.0 Å². The fraction of sp³-hybridized carbons (Fsp3) is 0.227. The van der Waals surface area contributed by atoms with Crippen LogP contribution in [0.1, 0.15) is 33.9 Å². The van der Waals surface area contributed by atoms with Gasteiger partial charge in [0.1, 0.15) is 5.82 Å². The Labute approximate surface area is 156 Å². The Morgan fingerprint density at radius 2 is 1.81 bits per heavy atom. The summed E-state index contributed by atoms with van der Waals surface area (Å²) in [5.41, 5.74) is 5.89. The van der Waals surface area contributed by atoms with Crippen LogP contribution in [0.15, 0.2) is 48.5 Å². The third kappa shape index (κ3) is 2.85. The topological polar surface area (TPSA) is 70.7 Å². The lowest BCUT2D eigenvalue weighted by molar-refractivity contribution is 0.0954. The van der Waals surface area contributed by atoms with Crippen molar-refractivity contribution in [3.63, 3.8) is 0 Å². The van der Waals surface area contributed by atoms with Gasteiger partial charge in [-0.1, -0.05) is 30.3 Å².